The molecule has 2 rings (SSSR count). The molecular formula is C13H15FN2O3. The number of amides is 1. The van der Waals surface area contributed by atoms with E-state index in [1.807, 2.05) is 0 Å². The van der Waals surface area contributed by atoms with E-state index in [-0.39, 0.29) is 18.1 Å². The molecule has 1 atom stereocenters. The van der Waals surface area contributed by atoms with E-state index >= 15 is 0 Å². The summed E-state index contributed by atoms with van der Waals surface area (Å²) < 4.78 is 17.4. The number of methoxy groups -OCH3 is 1. The van der Waals surface area contributed by atoms with Gasteiger partial charge in [-0.2, -0.15) is 0 Å². The van der Waals surface area contributed by atoms with Gasteiger partial charge in [-0.25, -0.2) is 4.39 Å². The van der Waals surface area contributed by atoms with Crippen LogP contribution in [0.2, 0.25) is 0 Å². The number of esters is 1. The van der Waals surface area contributed by atoms with Gasteiger partial charge < -0.3 is 15.0 Å². The molecule has 1 aromatic carbocycles. The summed E-state index contributed by atoms with van der Waals surface area (Å²) in [5.74, 6) is -0.993. The van der Waals surface area contributed by atoms with Crippen molar-refractivity contribution in [2.75, 3.05) is 25.1 Å². The number of hydrogen-bond donors (Lipinski definition) is 1. The largest absolute Gasteiger partial charge is 0.469 e. The minimum Gasteiger partial charge on any atom is -0.469 e. The zero-order valence-electron chi connectivity index (χ0n) is 10.6. The van der Waals surface area contributed by atoms with Crippen LogP contribution >= 0.6 is 0 Å². The summed E-state index contributed by atoms with van der Waals surface area (Å²) in [5, 5.41) is 2.98. The van der Waals surface area contributed by atoms with Crippen molar-refractivity contribution < 1.29 is 18.7 Å². The first kappa shape index (κ1) is 13.5. The van der Waals surface area contributed by atoms with Gasteiger partial charge in [-0.1, -0.05) is 0 Å². The molecular weight excluding hydrogens is 251 g/mol. The molecule has 1 unspecified atom stereocenters. The van der Waals surface area contributed by atoms with Crippen molar-refractivity contribution >= 4 is 17.6 Å². The second-order valence-corrected chi connectivity index (χ2v) is 4.25. The third-order valence-electron chi connectivity index (χ3n) is 3.03. The van der Waals surface area contributed by atoms with Crippen LogP contribution in [0, 0.1) is 5.82 Å². The number of carbonyl (C=O) groups is 2. The molecule has 1 amide bonds. The maximum Gasteiger partial charge on any atom is 0.307 e. The molecule has 1 fully saturated rings. The Morgan fingerprint density at radius 2 is 2.16 bits per heavy atom. The second kappa shape index (κ2) is 5.79. The number of ether oxygens (including phenoxy) is 1. The van der Waals surface area contributed by atoms with Crippen LogP contribution in [0.25, 0.3) is 0 Å². The number of nitrogens with one attached hydrogen (secondary N) is 1. The molecule has 5 nitrogen and oxygen atoms in total. The van der Waals surface area contributed by atoms with Crippen molar-refractivity contribution in [3.63, 3.8) is 0 Å². The Balaban J connectivity index is 2.11. The monoisotopic (exact) mass is 266 g/mol. The second-order valence-electron chi connectivity index (χ2n) is 4.25. The van der Waals surface area contributed by atoms with E-state index in [4.69, 9.17) is 0 Å². The first-order valence-corrected chi connectivity index (χ1v) is 5.99. The minimum absolute atomic E-state index is 0.00692. The molecule has 1 aromatic rings. The van der Waals surface area contributed by atoms with Crippen molar-refractivity contribution in [3.8, 4) is 0 Å². The number of halogens is 1. The first-order chi connectivity index (χ1) is 9.11. The summed E-state index contributed by atoms with van der Waals surface area (Å²) >= 11 is 0. The average molecular weight is 266 g/mol. The maximum atomic E-state index is 12.9. The fraction of sp³-hybridized carbons (Fsp3) is 0.385. The number of rotatable bonds is 3. The third kappa shape index (κ3) is 3.08. The van der Waals surface area contributed by atoms with Crippen molar-refractivity contribution in [3.05, 3.63) is 30.1 Å². The highest BCUT2D eigenvalue weighted by molar-refractivity contribution is 5.99. The van der Waals surface area contributed by atoms with Crippen molar-refractivity contribution in [1.82, 2.24) is 5.32 Å². The lowest BCUT2D eigenvalue weighted by molar-refractivity contribution is -0.143. The summed E-state index contributed by atoms with van der Waals surface area (Å²) in [4.78, 5) is 25.0. The summed E-state index contributed by atoms with van der Waals surface area (Å²) in [6.07, 6.45) is -0.00692. The lowest BCUT2D eigenvalue weighted by Crippen LogP contribution is -2.56. The van der Waals surface area contributed by atoms with Crippen molar-refractivity contribution in [2.24, 2.45) is 0 Å². The number of anilines is 1. The molecule has 1 saturated heterocycles. The molecule has 0 radical (unpaired) electrons. The molecule has 1 heterocycles. The molecule has 0 spiro atoms. The average Bonchev–Trinajstić information content (AvgIpc) is 2.42. The molecule has 1 N–H and O–H groups in total. The lowest BCUT2D eigenvalue weighted by atomic mass is 10.1. The maximum absolute atomic E-state index is 12.9. The van der Waals surface area contributed by atoms with E-state index in [0.29, 0.717) is 18.8 Å². The number of piperazine rings is 1. The highest BCUT2D eigenvalue weighted by Gasteiger charge is 2.31. The molecule has 0 bridgehead atoms. The van der Waals surface area contributed by atoms with Crippen molar-refractivity contribution in [1.29, 1.82) is 0 Å². The molecule has 0 aromatic heterocycles. The van der Waals surface area contributed by atoms with E-state index in [0.717, 1.165) is 0 Å². The topological polar surface area (TPSA) is 58.6 Å². The Morgan fingerprint density at radius 3 is 2.79 bits per heavy atom. The summed E-state index contributed by atoms with van der Waals surface area (Å²) in [5.41, 5.74) is 0.628. The van der Waals surface area contributed by atoms with Crippen LogP contribution in [0.3, 0.4) is 0 Å². The van der Waals surface area contributed by atoms with Crippen LogP contribution in [0.1, 0.15) is 6.42 Å². The molecule has 102 valence electrons. The Morgan fingerprint density at radius 1 is 1.47 bits per heavy atom. The third-order valence-corrected chi connectivity index (χ3v) is 3.03. The number of hydrogen-bond acceptors (Lipinski definition) is 4. The predicted molar refractivity (Wildman–Crippen MR) is 67.2 cm³/mol. The quantitative estimate of drug-likeness (QED) is 0.818. The van der Waals surface area contributed by atoms with Crippen LogP contribution in [-0.2, 0) is 14.3 Å². The van der Waals surface area contributed by atoms with E-state index in [1.165, 1.54) is 19.2 Å². The normalized spacial score (nSPS) is 19.4. The zero-order valence-corrected chi connectivity index (χ0v) is 10.6. The van der Waals surface area contributed by atoms with E-state index in [2.05, 4.69) is 10.1 Å². The van der Waals surface area contributed by atoms with Gasteiger partial charge in [0.05, 0.1) is 19.6 Å². The summed E-state index contributed by atoms with van der Waals surface area (Å²) in [7, 11) is 1.29. The number of carbonyl (C=O) groups excluding carboxylic acids is 2. The van der Waals surface area contributed by atoms with E-state index in [9.17, 15) is 14.0 Å². The molecule has 1 aliphatic heterocycles. The zero-order chi connectivity index (χ0) is 13.8. The van der Waals surface area contributed by atoms with Crippen molar-refractivity contribution in [2.45, 2.75) is 12.5 Å². The van der Waals surface area contributed by atoms with E-state index < -0.39 is 12.0 Å². The van der Waals surface area contributed by atoms with Crippen LogP contribution in [-0.4, -0.2) is 38.1 Å². The molecule has 19 heavy (non-hydrogen) atoms. The molecule has 6 heteroatoms. The van der Waals surface area contributed by atoms with Gasteiger partial charge in [-0.15, -0.1) is 0 Å². The van der Waals surface area contributed by atoms with Crippen LogP contribution in [0.15, 0.2) is 24.3 Å². The Hall–Kier alpha value is -1.95. The summed E-state index contributed by atoms with van der Waals surface area (Å²) in [6, 6.07) is 5.12. The number of nitrogens with zero attached hydrogens (tertiary/aromatic N) is 1. The Labute approximate surface area is 110 Å². The van der Waals surface area contributed by atoms with Gasteiger partial charge in [0, 0.05) is 18.8 Å². The Kier molecular flexibility index (Phi) is 4.11. The van der Waals surface area contributed by atoms with Gasteiger partial charge in [0.1, 0.15) is 5.82 Å². The molecule has 1 aliphatic rings. The van der Waals surface area contributed by atoms with Gasteiger partial charge >= 0.3 is 5.97 Å². The van der Waals surface area contributed by atoms with Crippen LogP contribution in [0.5, 0.6) is 0 Å². The smallest absolute Gasteiger partial charge is 0.307 e. The minimum atomic E-state index is -0.591. The Bertz CT molecular complexity index is 475. The van der Waals surface area contributed by atoms with Gasteiger partial charge in [0.2, 0.25) is 5.91 Å². The molecule has 0 saturated carbocycles. The van der Waals surface area contributed by atoms with Gasteiger partial charge in [0.15, 0.2) is 0 Å². The predicted octanol–water partition coefficient (Wildman–Crippen LogP) is 0.694. The van der Waals surface area contributed by atoms with Gasteiger partial charge in [-0.05, 0) is 24.3 Å². The first-order valence-electron chi connectivity index (χ1n) is 5.99. The standard InChI is InChI=1S/C13H15FN2O3/c1-19-12(17)8-11-13(18)16(7-6-15-11)10-4-2-9(14)3-5-10/h2-5,11,15H,6-8H2,1H3. The van der Waals surface area contributed by atoms with Crippen LogP contribution < -0.4 is 10.2 Å². The lowest BCUT2D eigenvalue weighted by Gasteiger charge is -2.32. The highest BCUT2D eigenvalue weighted by Crippen LogP contribution is 2.18. The van der Waals surface area contributed by atoms with E-state index in [1.54, 1.807) is 17.0 Å². The van der Waals surface area contributed by atoms with Gasteiger partial charge in [-0.3, -0.25) is 9.59 Å². The van der Waals surface area contributed by atoms with Gasteiger partial charge in [0.25, 0.3) is 0 Å². The molecule has 0 aliphatic carbocycles. The summed E-state index contributed by atoms with van der Waals surface area (Å²) in [6.45, 7) is 1.06. The van der Waals surface area contributed by atoms with Crippen LogP contribution in [0.4, 0.5) is 10.1 Å². The SMILES string of the molecule is COC(=O)CC1NCCN(c2ccc(F)cc2)C1=O. The highest BCUT2D eigenvalue weighted by atomic mass is 19.1. The fourth-order valence-electron chi connectivity index (χ4n) is 2.02. The number of benzene rings is 1. The fourth-order valence-corrected chi connectivity index (χ4v) is 2.02.